The molecule has 25 heavy (non-hydrogen) atoms. The van der Waals surface area contributed by atoms with Crippen molar-refractivity contribution in [1.29, 1.82) is 5.26 Å². The Morgan fingerprint density at radius 1 is 1.12 bits per heavy atom. The quantitative estimate of drug-likeness (QED) is 0.920. The number of hydrogen-bond acceptors (Lipinski definition) is 3. The number of hydrogen-bond donors (Lipinski definition) is 1. The van der Waals surface area contributed by atoms with Gasteiger partial charge in [0.15, 0.2) is 0 Å². The van der Waals surface area contributed by atoms with Gasteiger partial charge in [-0.2, -0.15) is 5.26 Å². The molecule has 3 rings (SSSR count). The van der Waals surface area contributed by atoms with Crippen molar-refractivity contribution in [3.63, 3.8) is 0 Å². The smallest absolute Gasteiger partial charge is 0.317 e. The first-order valence-corrected chi connectivity index (χ1v) is 8.56. The number of urea groups is 1. The minimum atomic E-state index is -0.0552. The Labute approximate surface area is 152 Å². The van der Waals surface area contributed by atoms with Gasteiger partial charge >= 0.3 is 6.03 Å². The Hall–Kier alpha value is -2.71. The fourth-order valence-corrected chi connectivity index (χ4v) is 2.96. The van der Waals surface area contributed by atoms with Gasteiger partial charge in [0, 0.05) is 43.4 Å². The maximum Gasteiger partial charge on any atom is 0.317 e. The first-order chi connectivity index (χ1) is 12.2. The van der Waals surface area contributed by atoms with E-state index in [-0.39, 0.29) is 6.03 Å². The number of amides is 2. The zero-order valence-electron chi connectivity index (χ0n) is 13.8. The monoisotopic (exact) mass is 354 g/mol. The van der Waals surface area contributed by atoms with E-state index in [4.69, 9.17) is 16.9 Å². The van der Waals surface area contributed by atoms with Gasteiger partial charge in [-0.3, -0.25) is 0 Å². The molecule has 0 saturated carbocycles. The van der Waals surface area contributed by atoms with Gasteiger partial charge in [-0.15, -0.1) is 0 Å². The molecule has 6 heteroatoms. The Morgan fingerprint density at radius 3 is 2.52 bits per heavy atom. The summed E-state index contributed by atoms with van der Waals surface area (Å²) in [5.41, 5.74) is 2.70. The van der Waals surface area contributed by atoms with Crippen LogP contribution in [0, 0.1) is 11.3 Å². The predicted octanol–water partition coefficient (Wildman–Crippen LogP) is 3.24. The summed E-state index contributed by atoms with van der Waals surface area (Å²) in [5.74, 6) is 0. The molecule has 0 atom stereocenters. The Morgan fingerprint density at radius 2 is 1.84 bits per heavy atom. The molecule has 2 amide bonds. The van der Waals surface area contributed by atoms with Crippen molar-refractivity contribution in [3.8, 4) is 6.07 Å². The van der Waals surface area contributed by atoms with Crippen molar-refractivity contribution >= 4 is 23.3 Å². The fourth-order valence-electron chi connectivity index (χ4n) is 2.83. The summed E-state index contributed by atoms with van der Waals surface area (Å²) in [5, 5.41) is 12.6. The van der Waals surface area contributed by atoms with E-state index in [1.54, 1.807) is 6.07 Å². The van der Waals surface area contributed by atoms with Crippen LogP contribution in [-0.2, 0) is 6.54 Å². The molecule has 1 fully saturated rings. The third kappa shape index (κ3) is 4.43. The number of anilines is 1. The maximum absolute atomic E-state index is 12.3. The number of benzene rings is 2. The van der Waals surface area contributed by atoms with Crippen LogP contribution in [0.1, 0.15) is 11.1 Å². The van der Waals surface area contributed by atoms with E-state index in [9.17, 15) is 4.79 Å². The lowest BCUT2D eigenvalue weighted by Gasteiger charge is -2.36. The summed E-state index contributed by atoms with van der Waals surface area (Å²) in [7, 11) is 0. The van der Waals surface area contributed by atoms with Gasteiger partial charge in [-0.05, 0) is 35.9 Å². The number of nitriles is 1. The second kappa shape index (κ2) is 7.91. The van der Waals surface area contributed by atoms with Gasteiger partial charge in [0.1, 0.15) is 0 Å². The van der Waals surface area contributed by atoms with Crippen LogP contribution in [0.2, 0.25) is 5.02 Å². The van der Waals surface area contributed by atoms with Crippen molar-refractivity contribution in [1.82, 2.24) is 10.2 Å². The van der Waals surface area contributed by atoms with Gasteiger partial charge < -0.3 is 15.1 Å². The number of rotatable bonds is 3. The third-order valence-corrected chi connectivity index (χ3v) is 4.52. The van der Waals surface area contributed by atoms with Crippen LogP contribution in [0.25, 0.3) is 0 Å². The summed E-state index contributed by atoms with van der Waals surface area (Å²) in [6.45, 7) is 3.30. The second-order valence-electron chi connectivity index (χ2n) is 5.92. The lowest BCUT2D eigenvalue weighted by atomic mass is 10.2. The summed E-state index contributed by atoms with van der Waals surface area (Å²) in [4.78, 5) is 16.3. The molecule has 1 heterocycles. The van der Waals surface area contributed by atoms with E-state index in [0.29, 0.717) is 30.2 Å². The van der Waals surface area contributed by atoms with Gasteiger partial charge in [0.2, 0.25) is 0 Å². The number of carbonyl (C=O) groups is 1. The van der Waals surface area contributed by atoms with Gasteiger partial charge in [-0.25, -0.2) is 4.79 Å². The highest BCUT2D eigenvalue weighted by molar-refractivity contribution is 6.30. The van der Waals surface area contributed by atoms with Gasteiger partial charge in [-0.1, -0.05) is 29.8 Å². The maximum atomic E-state index is 12.3. The normalized spacial score (nSPS) is 14.1. The molecule has 1 aliphatic heterocycles. The average Bonchev–Trinajstić information content (AvgIpc) is 2.67. The molecule has 0 spiro atoms. The topological polar surface area (TPSA) is 59.4 Å². The van der Waals surface area contributed by atoms with Crippen LogP contribution in [0.4, 0.5) is 10.5 Å². The molecule has 2 aromatic rings. The average molecular weight is 355 g/mol. The van der Waals surface area contributed by atoms with E-state index >= 15 is 0 Å². The number of piperazine rings is 1. The lowest BCUT2D eigenvalue weighted by molar-refractivity contribution is 0.194. The lowest BCUT2D eigenvalue weighted by Crippen LogP contribution is -2.51. The molecule has 1 aliphatic rings. The number of carbonyl (C=O) groups excluding carboxylic acids is 1. The predicted molar refractivity (Wildman–Crippen MR) is 98.6 cm³/mol. The number of nitrogens with zero attached hydrogens (tertiary/aromatic N) is 3. The summed E-state index contributed by atoms with van der Waals surface area (Å²) in [6.07, 6.45) is 0. The second-order valence-corrected chi connectivity index (χ2v) is 6.36. The van der Waals surface area contributed by atoms with Crippen LogP contribution in [-0.4, -0.2) is 37.1 Å². The zero-order chi connectivity index (χ0) is 17.6. The highest BCUT2D eigenvalue weighted by atomic mass is 35.5. The van der Waals surface area contributed by atoms with Crippen LogP contribution in [0.3, 0.4) is 0 Å². The van der Waals surface area contributed by atoms with Crippen LogP contribution in [0.5, 0.6) is 0 Å². The standard InChI is InChI=1S/C19H19ClN4O/c20-17-6-4-15(5-7-17)14-22-19(25)24-10-8-23(9-11-24)18-3-1-2-16(12-18)13-21/h1-7,12H,8-11,14H2,(H,22,25). The molecular weight excluding hydrogens is 336 g/mol. The van der Waals surface area contributed by atoms with Crippen molar-refractivity contribution in [2.45, 2.75) is 6.54 Å². The molecule has 0 aliphatic carbocycles. The molecule has 128 valence electrons. The molecule has 0 aromatic heterocycles. The highest BCUT2D eigenvalue weighted by Crippen LogP contribution is 2.18. The van der Waals surface area contributed by atoms with E-state index in [0.717, 1.165) is 24.3 Å². The van der Waals surface area contributed by atoms with Crippen LogP contribution >= 0.6 is 11.6 Å². The Bertz CT molecular complexity index is 777. The largest absolute Gasteiger partial charge is 0.368 e. The highest BCUT2D eigenvalue weighted by Gasteiger charge is 2.21. The minimum Gasteiger partial charge on any atom is -0.368 e. The molecule has 0 bridgehead atoms. The molecule has 1 N–H and O–H groups in total. The third-order valence-electron chi connectivity index (χ3n) is 4.26. The number of halogens is 1. The van der Waals surface area contributed by atoms with E-state index in [2.05, 4.69) is 16.3 Å². The summed E-state index contributed by atoms with van der Waals surface area (Å²) >= 11 is 5.86. The summed E-state index contributed by atoms with van der Waals surface area (Å²) < 4.78 is 0. The minimum absolute atomic E-state index is 0.0552. The van der Waals surface area contributed by atoms with E-state index in [1.807, 2.05) is 47.4 Å². The zero-order valence-corrected chi connectivity index (χ0v) is 14.5. The first kappa shape index (κ1) is 17.1. The van der Waals surface area contributed by atoms with Crippen molar-refractivity contribution in [2.75, 3.05) is 31.1 Å². The SMILES string of the molecule is N#Cc1cccc(N2CCN(C(=O)NCc3ccc(Cl)cc3)CC2)c1. The summed E-state index contributed by atoms with van der Waals surface area (Å²) in [6, 6.07) is 17.1. The van der Waals surface area contributed by atoms with Gasteiger partial charge in [0.25, 0.3) is 0 Å². The molecule has 5 nitrogen and oxygen atoms in total. The molecule has 0 radical (unpaired) electrons. The molecule has 2 aromatic carbocycles. The van der Waals surface area contributed by atoms with Gasteiger partial charge in [0.05, 0.1) is 11.6 Å². The van der Waals surface area contributed by atoms with Crippen LogP contribution < -0.4 is 10.2 Å². The van der Waals surface area contributed by atoms with Crippen molar-refractivity contribution in [2.24, 2.45) is 0 Å². The Balaban J connectivity index is 1.50. The fraction of sp³-hybridized carbons (Fsp3) is 0.263. The van der Waals surface area contributed by atoms with E-state index in [1.165, 1.54) is 0 Å². The molecular formula is C19H19ClN4O. The van der Waals surface area contributed by atoms with Crippen LogP contribution in [0.15, 0.2) is 48.5 Å². The van der Waals surface area contributed by atoms with E-state index < -0.39 is 0 Å². The number of nitrogens with one attached hydrogen (secondary N) is 1. The first-order valence-electron chi connectivity index (χ1n) is 8.18. The van der Waals surface area contributed by atoms with Crippen molar-refractivity contribution in [3.05, 3.63) is 64.7 Å². The molecule has 0 unspecified atom stereocenters. The molecule has 1 saturated heterocycles. The van der Waals surface area contributed by atoms with Crippen molar-refractivity contribution < 1.29 is 4.79 Å². The Kier molecular flexibility index (Phi) is 5.42.